The number of carbonyl (C=O) groups excluding carboxylic acids is 2. The summed E-state index contributed by atoms with van der Waals surface area (Å²) in [6.07, 6.45) is 5.19. The fraction of sp³-hybridized carbons (Fsp3) is 0.208. The standard InChI is InChI=1S/C24H20ClN3O3S/c1-13(2)31-15-7-8-18(25)17(9-15)21-10-19-22(32-21)23(29)28(24(30)27-19)20-12-26-11-14-5-3-4-6-16(14)20/h3-13,19,22H,1-2H3,(H,27,30). The van der Waals surface area contributed by atoms with Crippen LogP contribution in [0.5, 0.6) is 5.75 Å². The largest absolute Gasteiger partial charge is 0.491 e. The molecule has 3 aromatic rings. The van der Waals surface area contributed by atoms with E-state index in [-0.39, 0.29) is 12.0 Å². The van der Waals surface area contributed by atoms with Gasteiger partial charge in [0.2, 0.25) is 0 Å². The average Bonchev–Trinajstić information content (AvgIpc) is 3.19. The second kappa shape index (κ2) is 8.15. The molecule has 2 aliphatic rings. The molecule has 32 heavy (non-hydrogen) atoms. The normalized spacial score (nSPS) is 20.4. The lowest BCUT2D eigenvalue weighted by Crippen LogP contribution is -2.60. The molecule has 2 aromatic carbocycles. The summed E-state index contributed by atoms with van der Waals surface area (Å²) < 4.78 is 5.80. The molecule has 0 aliphatic carbocycles. The molecule has 1 fully saturated rings. The lowest BCUT2D eigenvalue weighted by molar-refractivity contribution is -0.118. The van der Waals surface area contributed by atoms with Gasteiger partial charge in [0.15, 0.2) is 0 Å². The van der Waals surface area contributed by atoms with E-state index in [1.165, 1.54) is 16.7 Å². The van der Waals surface area contributed by atoms with Crippen LogP contribution < -0.4 is 15.0 Å². The van der Waals surface area contributed by atoms with E-state index in [0.29, 0.717) is 16.5 Å². The van der Waals surface area contributed by atoms with Crippen LogP contribution in [0.15, 0.2) is 60.9 Å². The third-order valence-electron chi connectivity index (χ3n) is 5.33. The van der Waals surface area contributed by atoms with E-state index in [4.69, 9.17) is 16.3 Å². The zero-order valence-electron chi connectivity index (χ0n) is 17.4. The van der Waals surface area contributed by atoms with Gasteiger partial charge in [-0.3, -0.25) is 9.78 Å². The van der Waals surface area contributed by atoms with Crippen molar-refractivity contribution in [1.82, 2.24) is 10.3 Å². The minimum absolute atomic E-state index is 0.0283. The lowest BCUT2D eigenvalue weighted by atomic mass is 10.1. The number of pyridine rings is 1. The van der Waals surface area contributed by atoms with E-state index in [0.717, 1.165) is 21.2 Å². The average molecular weight is 466 g/mol. The van der Waals surface area contributed by atoms with E-state index >= 15 is 0 Å². The highest BCUT2D eigenvalue weighted by Crippen LogP contribution is 2.45. The molecule has 162 valence electrons. The predicted octanol–water partition coefficient (Wildman–Crippen LogP) is 5.26. The smallest absolute Gasteiger partial charge is 0.329 e. The van der Waals surface area contributed by atoms with Gasteiger partial charge in [-0.2, -0.15) is 0 Å². The van der Waals surface area contributed by atoms with Gasteiger partial charge in [0.25, 0.3) is 5.91 Å². The van der Waals surface area contributed by atoms with Crippen LogP contribution in [-0.2, 0) is 4.79 Å². The third-order valence-corrected chi connectivity index (χ3v) is 7.02. The van der Waals surface area contributed by atoms with Crippen LogP contribution in [0.25, 0.3) is 15.7 Å². The first-order valence-corrected chi connectivity index (χ1v) is 11.5. The Balaban J connectivity index is 1.47. The first kappa shape index (κ1) is 20.8. The van der Waals surface area contributed by atoms with Gasteiger partial charge in [0, 0.05) is 32.5 Å². The second-order valence-corrected chi connectivity index (χ2v) is 9.50. The number of rotatable bonds is 4. The van der Waals surface area contributed by atoms with Gasteiger partial charge in [0.05, 0.1) is 24.0 Å². The summed E-state index contributed by atoms with van der Waals surface area (Å²) in [7, 11) is 0. The number of carbonyl (C=O) groups is 2. The Morgan fingerprint density at radius 2 is 1.97 bits per heavy atom. The van der Waals surface area contributed by atoms with E-state index in [2.05, 4.69) is 10.3 Å². The summed E-state index contributed by atoms with van der Waals surface area (Å²) in [5.74, 6) is 0.424. The molecule has 6 nitrogen and oxygen atoms in total. The first-order valence-electron chi connectivity index (χ1n) is 10.2. The molecule has 0 saturated carbocycles. The van der Waals surface area contributed by atoms with Gasteiger partial charge in [-0.25, -0.2) is 9.69 Å². The summed E-state index contributed by atoms with van der Waals surface area (Å²) in [6.45, 7) is 3.91. The minimum Gasteiger partial charge on any atom is -0.491 e. The fourth-order valence-corrected chi connectivity index (χ4v) is 5.52. The molecule has 1 aromatic heterocycles. The van der Waals surface area contributed by atoms with E-state index in [1.54, 1.807) is 18.5 Å². The number of hydrogen-bond donors (Lipinski definition) is 1. The highest BCUT2D eigenvalue weighted by molar-refractivity contribution is 8.09. The van der Waals surface area contributed by atoms with Crippen LogP contribution >= 0.6 is 23.4 Å². The number of nitrogens with one attached hydrogen (secondary N) is 1. The van der Waals surface area contributed by atoms with Crippen molar-refractivity contribution in [2.24, 2.45) is 0 Å². The van der Waals surface area contributed by atoms with Crippen molar-refractivity contribution in [2.75, 3.05) is 4.90 Å². The van der Waals surface area contributed by atoms with Crippen LogP contribution in [-0.4, -0.2) is 34.3 Å². The molecule has 3 heterocycles. The number of ether oxygens (including phenoxy) is 1. The van der Waals surface area contributed by atoms with Crippen LogP contribution in [0.1, 0.15) is 19.4 Å². The molecule has 8 heteroatoms. The number of anilines is 1. The SMILES string of the molecule is CC(C)Oc1ccc(Cl)c(C2=CC3NC(=O)N(c4cncc5ccccc45)C(=O)C3S2)c1. The van der Waals surface area contributed by atoms with E-state index < -0.39 is 17.3 Å². The Morgan fingerprint density at radius 3 is 2.78 bits per heavy atom. The molecule has 0 radical (unpaired) electrons. The van der Waals surface area contributed by atoms with Crippen molar-refractivity contribution in [3.8, 4) is 5.75 Å². The molecular formula is C24H20ClN3O3S. The number of hydrogen-bond acceptors (Lipinski definition) is 5. The molecule has 2 unspecified atom stereocenters. The molecular weight excluding hydrogens is 446 g/mol. The third kappa shape index (κ3) is 3.61. The Kier molecular flexibility index (Phi) is 5.31. The van der Waals surface area contributed by atoms with Gasteiger partial charge < -0.3 is 10.1 Å². The summed E-state index contributed by atoms with van der Waals surface area (Å²) in [5, 5.41) is 4.68. The highest BCUT2D eigenvalue weighted by atomic mass is 35.5. The number of thioether (sulfide) groups is 1. The maximum absolute atomic E-state index is 13.5. The number of nitrogens with zero attached hydrogens (tertiary/aromatic N) is 2. The zero-order valence-corrected chi connectivity index (χ0v) is 19.0. The predicted molar refractivity (Wildman–Crippen MR) is 128 cm³/mol. The van der Waals surface area contributed by atoms with Crippen LogP contribution in [0.4, 0.5) is 10.5 Å². The lowest BCUT2D eigenvalue weighted by Gasteiger charge is -2.33. The molecule has 1 saturated heterocycles. The number of halogens is 1. The van der Waals surface area contributed by atoms with Crippen molar-refractivity contribution < 1.29 is 14.3 Å². The van der Waals surface area contributed by atoms with Gasteiger partial charge in [0.1, 0.15) is 11.0 Å². The summed E-state index contributed by atoms with van der Waals surface area (Å²) in [5.41, 5.74) is 1.26. The van der Waals surface area contributed by atoms with Crippen molar-refractivity contribution in [1.29, 1.82) is 0 Å². The van der Waals surface area contributed by atoms with Crippen LogP contribution in [0, 0.1) is 0 Å². The zero-order chi connectivity index (χ0) is 22.4. The van der Waals surface area contributed by atoms with Gasteiger partial charge in [-0.05, 0) is 38.1 Å². The maximum Gasteiger partial charge on any atom is 0.329 e. The Hall–Kier alpha value is -3.03. The summed E-state index contributed by atoms with van der Waals surface area (Å²) in [4.78, 5) is 32.7. The van der Waals surface area contributed by atoms with Gasteiger partial charge in [-0.15, -0.1) is 11.8 Å². The van der Waals surface area contributed by atoms with Gasteiger partial charge in [-0.1, -0.05) is 35.9 Å². The van der Waals surface area contributed by atoms with Crippen LogP contribution in [0.2, 0.25) is 5.02 Å². The van der Waals surface area contributed by atoms with E-state index in [9.17, 15) is 9.59 Å². The number of benzene rings is 2. The van der Waals surface area contributed by atoms with Crippen molar-refractivity contribution >= 4 is 56.7 Å². The maximum atomic E-state index is 13.5. The molecule has 3 amide bonds. The number of fused-ring (bicyclic) bond motifs is 2. The molecule has 2 aliphatic heterocycles. The van der Waals surface area contributed by atoms with Crippen molar-refractivity contribution in [3.05, 3.63) is 71.5 Å². The Bertz CT molecular complexity index is 1270. The quantitative estimate of drug-likeness (QED) is 0.569. The number of aromatic nitrogens is 1. The number of urea groups is 1. The highest BCUT2D eigenvalue weighted by Gasteiger charge is 2.45. The van der Waals surface area contributed by atoms with Gasteiger partial charge >= 0.3 is 6.03 Å². The Labute approximate surface area is 194 Å². The number of amides is 3. The van der Waals surface area contributed by atoms with E-state index in [1.807, 2.05) is 56.3 Å². The van der Waals surface area contributed by atoms with Crippen molar-refractivity contribution in [2.45, 2.75) is 31.2 Å². The number of imide groups is 1. The summed E-state index contributed by atoms with van der Waals surface area (Å²) in [6, 6.07) is 12.1. The molecule has 1 N–H and O–H groups in total. The second-order valence-electron chi connectivity index (χ2n) is 7.91. The molecule has 0 bridgehead atoms. The monoisotopic (exact) mass is 465 g/mol. The summed E-state index contributed by atoms with van der Waals surface area (Å²) >= 11 is 7.86. The fourth-order valence-electron chi connectivity index (χ4n) is 3.95. The Morgan fingerprint density at radius 1 is 1.16 bits per heavy atom. The minimum atomic E-state index is -0.493. The molecule has 5 rings (SSSR count). The van der Waals surface area contributed by atoms with Crippen LogP contribution in [0.3, 0.4) is 0 Å². The molecule has 0 spiro atoms. The molecule has 2 atom stereocenters. The first-order chi connectivity index (χ1) is 15.4. The van der Waals surface area contributed by atoms with Crippen molar-refractivity contribution in [3.63, 3.8) is 0 Å². The topological polar surface area (TPSA) is 71.5 Å².